The number of aliphatic imine (C=N–C) groups is 1. The van der Waals surface area contributed by atoms with Gasteiger partial charge >= 0.3 is 0 Å². The molecule has 2 aromatic rings. The van der Waals surface area contributed by atoms with Gasteiger partial charge in [-0.05, 0) is 35.4 Å². The smallest absolute Gasteiger partial charge is 0.203 e. The van der Waals surface area contributed by atoms with Gasteiger partial charge in [0.2, 0.25) is 5.75 Å². The first-order chi connectivity index (χ1) is 13.6. The molecular weight excluding hydrogens is 489 g/mol. The maximum Gasteiger partial charge on any atom is 0.203 e. The number of methoxy groups -OCH3 is 5. The van der Waals surface area contributed by atoms with Crippen LogP contribution in [0.5, 0.6) is 28.7 Å². The Morgan fingerprint density at radius 2 is 1.34 bits per heavy atom. The highest BCUT2D eigenvalue weighted by Gasteiger charge is 2.13. The summed E-state index contributed by atoms with van der Waals surface area (Å²) >= 11 is 0. The average molecular weight is 517 g/mol. The SMILES string of the molecule is COc1ccc(CNC(N)=NCc2cc(OC)c(OC)c(OC)c2)cc1OC.I. The van der Waals surface area contributed by atoms with Crippen LogP contribution in [0.4, 0.5) is 0 Å². The summed E-state index contributed by atoms with van der Waals surface area (Å²) in [5.41, 5.74) is 7.86. The summed E-state index contributed by atoms with van der Waals surface area (Å²) in [7, 11) is 7.91. The Labute approximate surface area is 188 Å². The standard InChI is InChI=1S/C20H27N3O5.HI/c1-24-15-7-6-13(8-16(15)25-2)11-22-20(21)23-12-14-9-17(26-3)19(28-5)18(10-14)27-4;/h6-10H,11-12H2,1-5H3,(H3,21,22,23);1H. The molecule has 160 valence electrons. The number of guanidine groups is 1. The van der Waals surface area contributed by atoms with E-state index in [9.17, 15) is 0 Å². The Balaban J connectivity index is 0.00000420. The lowest BCUT2D eigenvalue weighted by Gasteiger charge is -2.13. The fourth-order valence-electron chi connectivity index (χ4n) is 2.64. The van der Waals surface area contributed by atoms with Crippen LogP contribution in [-0.4, -0.2) is 41.5 Å². The first kappa shape index (κ1) is 24.5. The molecule has 0 aliphatic heterocycles. The molecule has 0 saturated heterocycles. The van der Waals surface area contributed by atoms with E-state index in [2.05, 4.69) is 10.3 Å². The minimum atomic E-state index is 0. The lowest BCUT2D eigenvalue weighted by Crippen LogP contribution is -2.31. The van der Waals surface area contributed by atoms with Gasteiger partial charge < -0.3 is 34.7 Å². The average Bonchev–Trinajstić information content (AvgIpc) is 2.74. The highest BCUT2D eigenvalue weighted by Crippen LogP contribution is 2.38. The van der Waals surface area contributed by atoms with E-state index in [0.29, 0.717) is 47.8 Å². The molecule has 0 aliphatic rings. The van der Waals surface area contributed by atoms with Crippen molar-refractivity contribution < 1.29 is 23.7 Å². The highest BCUT2D eigenvalue weighted by atomic mass is 127. The highest BCUT2D eigenvalue weighted by molar-refractivity contribution is 14.0. The van der Waals surface area contributed by atoms with Crippen molar-refractivity contribution in [3.8, 4) is 28.7 Å². The van der Waals surface area contributed by atoms with E-state index in [0.717, 1.165) is 11.1 Å². The van der Waals surface area contributed by atoms with Crippen molar-refractivity contribution in [3.05, 3.63) is 41.5 Å². The zero-order chi connectivity index (χ0) is 20.5. The Morgan fingerprint density at radius 1 is 0.793 bits per heavy atom. The molecule has 0 spiro atoms. The number of hydrogen-bond acceptors (Lipinski definition) is 6. The van der Waals surface area contributed by atoms with E-state index in [1.54, 1.807) is 35.5 Å². The molecule has 0 aliphatic carbocycles. The van der Waals surface area contributed by atoms with Crippen molar-refractivity contribution >= 4 is 29.9 Å². The summed E-state index contributed by atoms with van der Waals surface area (Å²) < 4.78 is 26.6. The first-order valence-electron chi connectivity index (χ1n) is 8.59. The van der Waals surface area contributed by atoms with Crippen molar-refractivity contribution in [2.24, 2.45) is 10.7 Å². The summed E-state index contributed by atoms with van der Waals surface area (Å²) in [4.78, 5) is 4.37. The quantitative estimate of drug-likeness (QED) is 0.300. The lowest BCUT2D eigenvalue weighted by molar-refractivity contribution is 0.324. The van der Waals surface area contributed by atoms with Crippen LogP contribution in [0.15, 0.2) is 35.3 Å². The largest absolute Gasteiger partial charge is 0.493 e. The summed E-state index contributed by atoms with van der Waals surface area (Å²) in [6.07, 6.45) is 0. The van der Waals surface area contributed by atoms with Crippen molar-refractivity contribution in [1.29, 1.82) is 0 Å². The van der Waals surface area contributed by atoms with E-state index in [1.807, 2.05) is 30.3 Å². The van der Waals surface area contributed by atoms with E-state index in [-0.39, 0.29) is 24.0 Å². The third-order valence-corrected chi connectivity index (χ3v) is 4.08. The van der Waals surface area contributed by atoms with Gasteiger partial charge in [0, 0.05) is 6.54 Å². The van der Waals surface area contributed by atoms with Crippen LogP contribution >= 0.6 is 24.0 Å². The summed E-state index contributed by atoms with van der Waals surface area (Å²) in [6, 6.07) is 9.34. The minimum absolute atomic E-state index is 0. The molecule has 2 aromatic carbocycles. The third kappa shape index (κ3) is 6.48. The molecule has 0 heterocycles. The number of ether oxygens (including phenoxy) is 5. The lowest BCUT2D eigenvalue weighted by atomic mass is 10.2. The molecule has 0 amide bonds. The van der Waals surface area contributed by atoms with Gasteiger partial charge in [0.1, 0.15) is 0 Å². The predicted octanol–water partition coefficient (Wildman–Crippen LogP) is 2.95. The molecule has 0 unspecified atom stereocenters. The third-order valence-electron chi connectivity index (χ3n) is 4.08. The molecule has 0 bridgehead atoms. The fourth-order valence-corrected chi connectivity index (χ4v) is 2.64. The molecule has 29 heavy (non-hydrogen) atoms. The van der Waals surface area contributed by atoms with Gasteiger partial charge in [-0.25, -0.2) is 4.99 Å². The number of benzene rings is 2. The second-order valence-corrected chi connectivity index (χ2v) is 5.78. The zero-order valence-corrected chi connectivity index (χ0v) is 19.6. The van der Waals surface area contributed by atoms with Gasteiger partial charge in [0.15, 0.2) is 29.0 Å². The van der Waals surface area contributed by atoms with Gasteiger partial charge in [-0.15, -0.1) is 24.0 Å². The number of hydrogen-bond donors (Lipinski definition) is 2. The minimum Gasteiger partial charge on any atom is -0.493 e. The van der Waals surface area contributed by atoms with Crippen LogP contribution in [0.3, 0.4) is 0 Å². The van der Waals surface area contributed by atoms with Crippen LogP contribution in [0.2, 0.25) is 0 Å². The molecule has 0 radical (unpaired) electrons. The monoisotopic (exact) mass is 517 g/mol. The summed E-state index contributed by atoms with van der Waals surface area (Å²) in [5.74, 6) is 3.35. The molecule has 3 N–H and O–H groups in total. The maximum absolute atomic E-state index is 5.99. The second kappa shape index (κ2) is 12.1. The summed E-state index contributed by atoms with van der Waals surface area (Å²) in [6.45, 7) is 0.867. The second-order valence-electron chi connectivity index (χ2n) is 5.78. The Kier molecular flexibility index (Phi) is 10.2. The number of rotatable bonds is 9. The molecule has 0 atom stereocenters. The number of nitrogens with one attached hydrogen (secondary N) is 1. The molecule has 8 nitrogen and oxygen atoms in total. The first-order valence-corrected chi connectivity index (χ1v) is 8.59. The van der Waals surface area contributed by atoms with E-state index >= 15 is 0 Å². The van der Waals surface area contributed by atoms with E-state index in [1.165, 1.54) is 0 Å². The van der Waals surface area contributed by atoms with Gasteiger partial charge in [0.05, 0.1) is 42.1 Å². The van der Waals surface area contributed by atoms with Crippen molar-refractivity contribution in [2.45, 2.75) is 13.1 Å². The Morgan fingerprint density at radius 3 is 1.86 bits per heavy atom. The van der Waals surface area contributed by atoms with Crippen LogP contribution < -0.4 is 34.7 Å². The predicted molar refractivity (Wildman–Crippen MR) is 123 cm³/mol. The van der Waals surface area contributed by atoms with Gasteiger partial charge in [-0.1, -0.05) is 6.07 Å². The fraction of sp³-hybridized carbons (Fsp3) is 0.350. The number of nitrogens with zero attached hydrogens (tertiary/aromatic N) is 1. The molecule has 0 saturated carbocycles. The van der Waals surface area contributed by atoms with Crippen LogP contribution in [0, 0.1) is 0 Å². The van der Waals surface area contributed by atoms with Crippen LogP contribution in [-0.2, 0) is 13.1 Å². The molecule has 2 rings (SSSR count). The van der Waals surface area contributed by atoms with Crippen LogP contribution in [0.25, 0.3) is 0 Å². The molecule has 9 heteroatoms. The summed E-state index contributed by atoms with van der Waals surface area (Å²) in [5, 5.41) is 3.08. The maximum atomic E-state index is 5.99. The van der Waals surface area contributed by atoms with Crippen LogP contribution in [0.1, 0.15) is 11.1 Å². The molecular formula is C20H28IN3O5. The van der Waals surface area contributed by atoms with E-state index in [4.69, 9.17) is 29.4 Å². The number of halogens is 1. The number of nitrogens with two attached hydrogens (primary N) is 1. The van der Waals surface area contributed by atoms with Gasteiger partial charge in [-0.3, -0.25) is 0 Å². The molecule has 0 fully saturated rings. The van der Waals surface area contributed by atoms with Gasteiger partial charge in [0.25, 0.3) is 0 Å². The topological polar surface area (TPSA) is 96.6 Å². The van der Waals surface area contributed by atoms with Crippen molar-refractivity contribution in [3.63, 3.8) is 0 Å². The Bertz CT molecular complexity index is 805. The van der Waals surface area contributed by atoms with Crippen molar-refractivity contribution in [1.82, 2.24) is 5.32 Å². The normalized spacial score (nSPS) is 10.6. The zero-order valence-electron chi connectivity index (χ0n) is 17.3. The molecule has 0 aromatic heterocycles. The van der Waals surface area contributed by atoms with E-state index < -0.39 is 0 Å². The van der Waals surface area contributed by atoms with Gasteiger partial charge in [-0.2, -0.15) is 0 Å². The Hall–Kier alpha value is -2.56. The van der Waals surface area contributed by atoms with Crippen molar-refractivity contribution in [2.75, 3.05) is 35.5 Å².